The SMILES string of the molecule is CC1OC(Oc2cc(O)c3c(=O)c(OC4OC(C)C(O)C(O)C4O)c(-c4ccc(O)c(OC5OC(C)C(O)C(O)C5O)c4)oc3c2)C(O)C(O)C1O. The number of hydrogen-bond acceptors (Lipinski definition) is 19. The second kappa shape index (κ2) is 14.5. The van der Waals surface area contributed by atoms with Crippen molar-refractivity contribution in [2.24, 2.45) is 0 Å². The van der Waals surface area contributed by atoms with Gasteiger partial charge in [-0.3, -0.25) is 4.79 Å². The van der Waals surface area contributed by atoms with Crippen LogP contribution in [0, 0.1) is 0 Å². The molecule has 19 heteroatoms. The van der Waals surface area contributed by atoms with Gasteiger partial charge in [0.25, 0.3) is 0 Å². The van der Waals surface area contributed by atoms with Gasteiger partial charge in [0.2, 0.25) is 30.0 Å². The summed E-state index contributed by atoms with van der Waals surface area (Å²) in [5, 5.41) is 114. The molecule has 0 radical (unpaired) electrons. The lowest BCUT2D eigenvalue weighted by Crippen LogP contribution is -2.58. The van der Waals surface area contributed by atoms with Gasteiger partial charge in [0.15, 0.2) is 17.3 Å². The Morgan fingerprint density at radius 3 is 1.56 bits per heavy atom. The Bertz CT molecular complexity index is 1820. The predicted molar refractivity (Wildman–Crippen MR) is 170 cm³/mol. The molecule has 11 N–H and O–H groups in total. The molecule has 0 spiro atoms. The maximum atomic E-state index is 14.1. The molecular formula is C33H40O19. The van der Waals surface area contributed by atoms with Crippen molar-refractivity contribution in [2.75, 3.05) is 0 Å². The Kier molecular flexibility index (Phi) is 10.6. The third-order valence-electron chi connectivity index (χ3n) is 9.28. The van der Waals surface area contributed by atoms with Crippen LogP contribution in [0.1, 0.15) is 20.8 Å². The summed E-state index contributed by atoms with van der Waals surface area (Å²) in [7, 11) is 0. The number of benzene rings is 2. The van der Waals surface area contributed by atoms with Gasteiger partial charge in [-0.15, -0.1) is 0 Å². The summed E-state index contributed by atoms with van der Waals surface area (Å²) >= 11 is 0. The number of aliphatic hydroxyl groups is 9. The second-order valence-corrected chi connectivity index (χ2v) is 13.0. The molecule has 2 aromatic carbocycles. The van der Waals surface area contributed by atoms with Gasteiger partial charge in [-0.2, -0.15) is 0 Å². The molecule has 3 aliphatic heterocycles. The van der Waals surface area contributed by atoms with Gasteiger partial charge in [-0.05, 0) is 39.0 Å². The van der Waals surface area contributed by atoms with Gasteiger partial charge in [-0.1, -0.05) is 0 Å². The summed E-state index contributed by atoms with van der Waals surface area (Å²) in [5.74, 6) is -2.94. The van der Waals surface area contributed by atoms with Gasteiger partial charge in [0, 0.05) is 17.7 Å². The number of aliphatic hydroxyl groups excluding tert-OH is 9. The minimum atomic E-state index is -1.89. The van der Waals surface area contributed by atoms with E-state index in [1.165, 1.54) is 26.8 Å². The first kappa shape index (κ1) is 37.9. The number of ether oxygens (including phenoxy) is 6. The molecule has 1 aromatic heterocycles. The summed E-state index contributed by atoms with van der Waals surface area (Å²) in [4.78, 5) is 14.1. The third kappa shape index (κ3) is 6.86. The van der Waals surface area contributed by atoms with Crippen LogP contribution in [0.2, 0.25) is 0 Å². The second-order valence-electron chi connectivity index (χ2n) is 13.0. The monoisotopic (exact) mass is 740 g/mol. The Labute approximate surface area is 293 Å². The number of aromatic hydroxyl groups is 2. The predicted octanol–water partition coefficient (Wildman–Crippen LogP) is -2.51. The van der Waals surface area contributed by atoms with E-state index >= 15 is 0 Å². The molecule has 0 bridgehead atoms. The van der Waals surface area contributed by atoms with E-state index in [9.17, 15) is 61.0 Å². The fourth-order valence-electron chi connectivity index (χ4n) is 6.08. The average Bonchev–Trinajstić information content (AvgIpc) is 3.10. The molecule has 19 nitrogen and oxygen atoms in total. The molecule has 3 aromatic rings. The molecule has 0 saturated carbocycles. The first-order valence-corrected chi connectivity index (χ1v) is 16.2. The fraction of sp³-hybridized carbons (Fsp3) is 0.545. The van der Waals surface area contributed by atoms with E-state index in [-0.39, 0.29) is 22.6 Å². The Balaban J connectivity index is 1.44. The zero-order valence-corrected chi connectivity index (χ0v) is 27.7. The van der Waals surface area contributed by atoms with E-state index < -0.39 is 126 Å². The molecule has 3 fully saturated rings. The molecule has 0 aliphatic carbocycles. The Hall–Kier alpha value is -3.83. The minimum Gasteiger partial charge on any atom is -0.507 e. The molecule has 286 valence electrons. The molecule has 15 atom stereocenters. The standard InChI is InChI=1S/C33H40O19/c1-9-19(36)23(40)26(43)31(46-9)49-13-7-15(35)18-17(8-13)50-29(30(22(18)39)52-33-28(45)25(42)21(38)11(3)48-33)12-4-5-14(34)16(6-12)51-32-27(44)24(41)20(37)10(2)47-32/h4-11,19-21,23-28,31-38,40-45H,1-3H3. The summed E-state index contributed by atoms with van der Waals surface area (Å²) in [6, 6.07) is 5.59. The molecule has 15 unspecified atom stereocenters. The van der Waals surface area contributed by atoms with Crippen molar-refractivity contribution < 1.29 is 89.0 Å². The van der Waals surface area contributed by atoms with Crippen molar-refractivity contribution in [3.05, 3.63) is 40.6 Å². The van der Waals surface area contributed by atoms with Crippen LogP contribution in [0.3, 0.4) is 0 Å². The summed E-state index contributed by atoms with van der Waals surface area (Å²) in [5.41, 5.74) is -1.46. The Morgan fingerprint density at radius 1 is 0.558 bits per heavy atom. The highest BCUT2D eigenvalue weighted by atomic mass is 16.7. The highest BCUT2D eigenvalue weighted by Gasteiger charge is 2.46. The van der Waals surface area contributed by atoms with Crippen molar-refractivity contribution in [1.82, 2.24) is 0 Å². The van der Waals surface area contributed by atoms with Crippen LogP contribution in [-0.2, 0) is 14.2 Å². The molecular weight excluding hydrogens is 700 g/mol. The van der Waals surface area contributed by atoms with E-state index in [0.29, 0.717) is 0 Å². The van der Waals surface area contributed by atoms with Gasteiger partial charge in [0.1, 0.15) is 77.4 Å². The first-order chi connectivity index (χ1) is 24.5. The molecule has 6 rings (SSSR count). The lowest BCUT2D eigenvalue weighted by molar-refractivity contribution is -0.268. The van der Waals surface area contributed by atoms with Gasteiger partial charge in [0.05, 0.1) is 18.3 Å². The smallest absolute Gasteiger partial charge is 0.239 e. The summed E-state index contributed by atoms with van der Waals surface area (Å²) < 4.78 is 39.6. The van der Waals surface area contributed by atoms with Gasteiger partial charge >= 0.3 is 0 Å². The number of phenols is 2. The first-order valence-electron chi connectivity index (χ1n) is 16.2. The van der Waals surface area contributed by atoms with Crippen LogP contribution in [0.25, 0.3) is 22.3 Å². The van der Waals surface area contributed by atoms with Crippen LogP contribution in [0.5, 0.6) is 28.7 Å². The average molecular weight is 741 g/mol. The largest absolute Gasteiger partial charge is 0.507 e. The van der Waals surface area contributed by atoms with Crippen LogP contribution < -0.4 is 19.6 Å². The lowest BCUT2D eigenvalue weighted by atomic mass is 10.00. The quantitative estimate of drug-likeness (QED) is 0.119. The van der Waals surface area contributed by atoms with Crippen molar-refractivity contribution in [1.29, 1.82) is 0 Å². The normalized spacial score (nSPS) is 38.2. The van der Waals surface area contributed by atoms with Gasteiger partial charge < -0.3 is 89.0 Å². The Morgan fingerprint density at radius 2 is 1.04 bits per heavy atom. The maximum Gasteiger partial charge on any atom is 0.239 e. The van der Waals surface area contributed by atoms with E-state index in [1.54, 1.807) is 0 Å². The zero-order valence-electron chi connectivity index (χ0n) is 27.7. The van der Waals surface area contributed by atoms with Gasteiger partial charge in [-0.25, -0.2) is 0 Å². The molecule has 0 amide bonds. The highest BCUT2D eigenvalue weighted by Crippen LogP contribution is 2.41. The topological polar surface area (TPSA) is 308 Å². The van der Waals surface area contributed by atoms with Crippen molar-refractivity contribution in [2.45, 2.75) is 113 Å². The van der Waals surface area contributed by atoms with Crippen LogP contribution in [0.15, 0.2) is 39.5 Å². The number of hydrogen-bond donors (Lipinski definition) is 11. The number of phenolic OH excluding ortho intramolecular Hbond substituents is 2. The van der Waals surface area contributed by atoms with Crippen molar-refractivity contribution in [3.8, 4) is 40.1 Å². The van der Waals surface area contributed by atoms with Crippen molar-refractivity contribution >= 4 is 11.0 Å². The molecule has 4 heterocycles. The third-order valence-corrected chi connectivity index (χ3v) is 9.28. The van der Waals surface area contributed by atoms with E-state index in [4.69, 9.17) is 32.8 Å². The van der Waals surface area contributed by atoms with Crippen LogP contribution in [-0.4, -0.2) is 148 Å². The number of rotatable bonds is 7. The summed E-state index contributed by atoms with van der Waals surface area (Å²) in [6.07, 6.45) is -22.8. The fourth-order valence-corrected chi connectivity index (χ4v) is 6.08. The number of fused-ring (bicyclic) bond motifs is 1. The van der Waals surface area contributed by atoms with E-state index in [1.807, 2.05) is 0 Å². The van der Waals surface area contributed by atoms with Crippen LogP contribution >= 0.6 is 0 Å². The summed E-state index contributed by atoms with van der Waals surface area (Å²) in [6.45, 7) is 4.22. The minimum absolute atomic E-state index is 0.0672. The van der Waals surface area contributed by atoms with Crippen LogP contribution in [0.4, 0.5) is 0 Å². The maximum absolute atomic E-state index is 14.1. The van der Waals surface area contributed by atoms with E-state index in [0.717, 1.165) is 24.3 Å². The van der Waals surface area contributed by atoms with E-state index in [2.05, 4.69) is 0 Å². The zero-order chi connectivity index (χ0) is 37.9. The lowest BCUT2D eigenvalue weighted by Gasteiger charge is -2.39. The molecule has 3 aliphatic rings. The molecule has 52 heavy (non-hydrogen) atoms. The highest BCUT2D eigenvalue weighted by molar-refractivity contribution is 5.88. The van der Waals surface area contributed by atoms with Crippen molar-refractivity contribution in [3.63, 3.8) is 0 Å². The molecule has 3 saturated heterocycles.